The Bertz CT molecular complexity index is 316. The van der Waals surface area contributed by atoms with Gasteiger partial charge in [0.25, 0.3) is 0 Å². The van der Waals surface area contributed by atoms with Crippen LogP contribution in [0.1, 0.15) is 26.0 Å². The van der Waals surface area contributed by atoms with Crippen molar-refractivity contribution in [3.05, 3.63) is 18.2 Å². The first-order valence-electron chi connectivity index (χ1n) is 4.55. The smallest absolute Gasteiger partial charge is 0.131 e. The van der Waals surface area contributed by atoms with Gasteiger partial charge in [-0.05, 0) is 19.3 Å². The van der Waals surface area contributed by atoms with E-state index in [0.29, 0.717) is 0 Å². The molecule has 0 amide bonds. The Hall–Kier alpha value is -1.27. The van der Waals surface area contributed by atoms with Gasteiger partial charge in [-0.3, -0.25) is 0 Å². The number of nitrogens with zero attached hydrogens (tertiary/aromatic N) is 2. The molecule has 0 fully saturated rings. The first-order chi connectivity index (χ1) is 6.26. The summed E-state index contributed by atoms with van der Waals surface area (Å²) in [4.78, 5) is 4.13. The van der Waals surface area contributed by atoms with E-state index in [0.717, 1.165) is 18.7 Å². The van der Waals surface area contributed by atoms with Crippen LogP contribution in [0.4, 0.5) is 0 Å². The van der Waals surface area contributed by atoms with Crippen LogP contribution in [0, 0.1) is 11.8 Å². The number of aromatic nitrogens is 2. The van der Waals surface area contributed by atoms with Crippen LogP contribution in [0.25, 0.3) is 0 Å². The highest BCUT2D eigenvalue weighted by molar-refractivity contribution is 5.26. The first-order valence-corrected chi connectivity index (χ1v) is 4.55. The van der Waals surface area contributed by atoms with E-state index in [4.69, 9.17) is 5.73 Å². The average Bonchev–Trinajstić information content (AvgIpc) is 2.61. The minimum absolute atomic E-state index is 0.0354. The lowest BCUT2D eigenvalue weighted by molar-refractivity contribution is 0.761. The van der Waals surface area contributed by atoms with Gasteiger partial charge in [0.2, 0.25) is 0 Å². The number of rotatable bonds is 2. The van der Waals surface area contributed by atoms with Gasteiger partial charge in [0, 0.05) is 12.7 Å². The molecule has 1 unspecified atom stereocenters. The zero-order valence-electron chi connectivity index (χ0n) is 8.12. The van der Waals surface area contributed by atoms with Crippen LogP contribution in [0.15, 0.2) is 12.5 Å². The van der Waals surface area contributed by atoms with Gasteiger partial charge in [0.1, 0.15) is 5.69 Å². The molecule has 0 saturated heterocycles. The Morgan fingerprint density at radius 3 is 2.92 bits per heavy atom. The fourth-order valence-electron chi connectivity index (χ4n) is 0.866. The Kier molecular flexibility index (Phi) is 3.53. The average molecular weight is 177 g/mol. The summed E-state index contributed by atoms with van der Waals surface area (Å²) < 4.78 is 1.99. The number of nitrogens with two attached hydrogens (primary N) is 1. The van der Waals surface area contributed by atoms with E-state index in [1.165, 1.54) is 0 Å². The molecule has 0 radical (unpaired) electrons. The number of hydrogen-bond acceptors (Lipinski definition) is 2. The molecule has 70 valence electrons. The molecule has 0 aliphatic rings. The highest BCUT2D eigenvalue weighted by Crippen LogP contribution is 1.93. The minimum Gasteiger partial charge on any atom is -0.336 e. The highest BCUT2D eigenvalue weighted by Gasteiger charge is 1.93. The third-order valence-electron chi connectivity index (χ3n) is 1.82. The molecule has 0 saturated carbocycles. The second-order valence-electron chi connectivity index (χ2n) is 2.87. The molecule has 2 N–H and O–H groups in total. The zero-order valence-corrected chi connectivity index (χ0v) is 8.12. The summed E-state index contributed by atoms with van der Waals surface area (Å²) in [5.74, 6) is 5.88. The Morgan fingerprint density at radius 1 is 1.62 bits per heavy atom. The van der Waals surface area contributed by atoms with Crippen molar-refractivity contribution in [2.45, 2.75) is 32.9 Å². The Balaban J connectivity index is 2.66. The standard InChI is InChI=1S/C10H15N3/c1-3-9(11)5-6-10-7-13(4-2)8-12-10/h7-9H,3-4,11H2,1-2H3. The van der Waals surface area contributed by atoms with E-state index in [1.807, 2.05) is 17.7 Å². The highest BCUT2D eigenvalue weighted by atomic mass is 15.0. The Labute approximate surface area is 79.0 Å². The van der Waals surface area contributed by atoms with Crippen molar-refractivity contribution < 1.29 is 0 Å². The van der Waals surface area contributed by atoms with Gasteiger partial charge in [-0.15, -0.1) is 0 Å². The van der Waals surface area contributed by atoms with Crippen LogP contribution in [0.3, 0.4) is 0 Å². The Morgan fingerprint density at radius 2 is 2.38 bits per heavy atom. The lowest BCUT2D eigenvalue weighted by atomic mass is 10.2. The number of imidazole rings is 1. The second-order valence-corrected chi connectivity index (χ2v) is 2.87. The van der Waals surface area contributed by atoms with E-state index >= 15 is 0 Å². The minimum atomic E-state index is -0.0354. The molecule has 1 atom stereocenters. The van der Waals surface area contributed by atoms with Gasteiger partial charge in [-0.25, -0.2) is 4.98 Å². The number of aryl methyl sites for hydroxylation is 1. The molecular formula is C10H15N3. The van der Waals surface area contributed by atoms with Crippen molar-refractivity contribution in [2.75, 3.05) is 0 Å². The van der Waals surface area contributed by atoms with Crippen molar-refractivity contribution in [3.8, 4) is 11.8 Å². The summed E-state index contributed by atoms with van der Waals surface area (Å²) in [5, 5.41) is 0. The molecule has 0 aromatic carbocycles. The fraction of sp³-hybridized carbons (Fsp3) is 0.500. The molecule has 1 aromatic rings. The van der Waals surface area contributed by atoms with Crippen LogP contribution in [0.5, 0.6) is 0 Å². The molecule has 3 heteroatoms. The van der Waals surface area contributed by atoms with E-state index in [1.54, 1.807) is 6.33 Å². The third-order valence-corrected chi connectivity index (χ3v) is 1.82. The molecule has 3 nitrogen and oxygen atoms in total. The zero-order chi connectivity index (χ0) is 9.68. The van der Waals surface area contributed by atoms with Crippen molar-refractivity contribution in [1.29, 1.82) is 0 Å². The summed E-state index contributed by atoms with van der Waals surface area (Å²) in [5.41, 5.74) is 6.45. The summed E-state index contributed by atoms with van der Waals surface area (Å²) >= 11 is 0. The van der Waals surface area contributed by atoms with Gasteiger partial charge in [-0.1, -0.05) is 12.8 Å². The lowest BCUT2D eigenvalue weighted by Crippen LogP contribution is -2.15. The molecule has 0 aliphatic carbocycles. The molecule has 0 bridgehead atoms. The van der Waals surface area contributed by atoms with E-state index in [-0.39, 0.29) is 6.04 Å². The van der Waals surface area contributed by atoms with Crippen LogP contribution in [0.2, 0.25) is 0 Å². The topological polar surface area (TPSA) is 43.8 Å². The molecule has 1 aromatic heterocycles. The van der Waals surface area contributed by atoms with Crippen LogP contribution >= 0.6 is 0 Å². The van der Waals surface area contributed by atoms with Crippen molar-refractivity contribution in [2.24, 2.45) is 5.73 Å². The normalized spacial score (nSPS) is 11.9. The largest absolute Gasteiger partial charge is 0.336 e. The summed E-state index contributed by atoms with van der Waals surface area (Å²) in [6.07, 6.45) is 4.58. The molecule has 0 spiro atoms. The van der Waals surface area contributed by atoms with Gasteiger partial charge in [0.15, 0.2) is 0 Å². The van der Waals surface area contributed by atoms with Crippen molar-refractivity contribution in [1.82, 2.24) is 9.55 Å². The van der Waals surface area contributed by atoms with Crippen LogP contribution in [-0.2, 0) is 6.54 Å². The predicted molar refractivity (Wildman–Crippen MR) is 53.0 cm³/mol. The van der Waals surface area contributed by atoms with E-state index in [9.17, 15) is 0 Å². The molecule has 13 heavy (non-hydrogen) atoms. The van der Waals surface area contributed by atoms with Gasteiger partial charge < -0.3 is 10.3 Å². The summed E-state index contributed by atoms with van der Waals surface area (Å²) in [7, 11) is 0. The SMILES string of the molecule is CCC(N)C#Cc1cn(CC)cn1. The monoisotopic (exact) mass is 177 g/mol. The molecule has 1 rings (SSSR count). The lowest BCUT2D eigenvalue weighted by Gasteiger charge is -1.94. The van der Waals surface area contributed by atoms with E-state index in [2.05, 4.69) is 23.7 Å². The number of hydrogen-bond donors (Lipinski definition) is 1. The van der Waals surface area contributed by atoms with Gasteiger partial charge >= 0.3 is 0 Å². The predicted octanol–water partition coefficient (Wildman–Crippen LogP) is 0.992. The van der Waals surface area contributed by atoms with Crippen molar-refractivity contribution >= 4 is 0 Å². The van der Waals surface area contributed by atoms with Gasteiger partial charge in [-0.2, -0.15) is 0 Å². The molecular weight excluding hydrogens is 162 g/mol. The summed E-state index contributed by atoms with van der Waals surface area (Å²) in [6, 6.07) is -0.0354. The molecule has 0 aliphatic heterocycles. The van der Waals surface area contributed by atoms with E-state index < -0.39 is 0 Å². The first kappa shape index (κ1) is 9.82. The molecule has 1 heterocycles. The third kappa shape index (κ3) is 2.92. The maximum Gasteiger partial charge on any atom is 0.131 e. The maximum absolute atomic E-state index is 5.65. The van der Waals surface area contributed by atoms with Crippen LogP contribution in [-0.4, -0.2) is 15.6 Å². The van der Waals surface area contributed by atoms with Gasteiger partial charge in [0.05, 0.1) is 12.4 Å². The van der Waals surface area contributed by atoms with Crippen molar-refractivity contribution in [3.63, 3.8) is 0 Å². The second kappa shape index (κ2) is 4.68. The van der Waals surface area contributed by atoms with Crippen LogP contribution < -0.4 is 5.73 Å². The quantitative estimate of drug-likeness (QED) is 0.685. The fourth-order valence-corrected chi connectivity index (χ4v) is 0.866. The summed E-state index contributed by atoms with van der Waals surface area (Å²) in [6.45, 7) is 5.01. The maximum atomic E-state index is 5.65.